The molecule has 7 rings (SSSR count). The lowest BCUT2D eigenvalue weighted by molar-refractivity contribution is 0.0589. The Hall–Kier alpha value is -3.06. The molecule has 1 saturated carbocycles. The van der Waals surface area contributed by atoms with Crippen molar-refractivity contribution in [3.05, 3.63) is 59.0 Å². The first-order valence-corrected chi connectivity index (χ1v) is 13.8. The number of piperidine rings is 2. The number of amides is 1. The van der Waals surface area contributed by atoms with Crippen molar-refractivity contribution in [1.29, 1.82) is 0 Å². The monoisotopic (exact) mass is 482 g/mol. The second kappa shape index (κ2) is 9.11. The van der Waals surface area contributed by atoms with E-state index in [0.717, 1.165) is 68.6 Å². The summed E-state index contributed by atoms with van der Waals surface area (Å²) in [5.41, 5.74) is 6.46. The highest BCUT2D eigenvalue weighted by Gasteiger charge is 2.36. The standard InChI is InChI=1S/C29H34N6O/c36-28(34-16-12-23(13-17-34)33-14-4-1-5-15-33)25-19-31-35(27(25)21-9-10-21)29-30-18-22-11-8-20-6-2-3-7-24(20)26(22)32-29/h2-3,6-7,18-19,21,23H,1,4-5,8-17H2. The minimum Gasteiger partial charge on any atom is -0.338 e. The highest BCUT2D eigenvalue weighted by atomic mass is 16.2. The molecule has 2 aliphatic heterocycles. The van der Waals surface area contributed by atoms with E-state index in [2.05, 4.69) is 34.1 Å². The molecule has 2 saturated heterocycles. The number of hydrogen-bond acceptors (Lipinski definition) is 5. The Labute approximate surface area is 212 Å². The summed E-state index contributed by atoms with van der Waals surface area (Å²) < 4.78 is 1.85. The third kappa shape index (κ3) is 3.94. The van der Waals surface area contributed by atoms with Gasteiger partial charge in [-0.1, -0.05) is 30.7 Å². The lowest BCUT2D eigenvalue weighted by Gasteiger charge is -2.40. The van der Waals surface area contributed by atoms with Crippen LogP contribution >= 0.6 is 0 Å². The van der Waals surface area contributed by atoms with E-state index < -0.39 is 0 Å². The molecular formula is C29H34N6O. The molecule has 0 radical (unpaired) electrons. The average molecular weight is 483 g/mol. The summed E-state index contributed by atoms with van der Waals surface area (Å²) in [7, 11) is 0. The van der Waals surface area contributed by atoms with Gasteiger partial charge in [-0.25, -0.2) is 14.6 Å². The van der Waals surface area contributed by atoms with Crippen LogP contribution in [0.2, 0.25) is 0 Å². The first-order chi connectivity index (χ1) is 17.8. The van der Waals surface area contributed by atoms with E-state index in [0.29, 0.717) is 17.9 Å². The fourth-order valence-electron chi connectivity index (χ4n) is 6.47. The minimum absolute atomic E-state index is 0.128. The number of hydrogen-bond donors (Lipinski definition) is 0. The summed E-state index contributed by atoms with van der Waals surface area (Å²) in [5, 5.41) is 4.69. The topological polar surface area (TPSA) is 67.2 Å². The van der Waals surface area contributed by atoms with Crippen LogP contribution in [0.4, 0.5) is 0 Å². The first-order valence-electron chi connectivity index (χ1n) is 13.8. The fraction of sp³-hybridized carbons (Fsp3) is 0.517. The molecule has 0 bridgehead atoms. The van der Waals surface area contributed by atoms with Crippen molar-refractivity contribution in [3.8, 4) is 17.2 Å². The van der Waals surface area contributed by atoms with Gasteiger partial charge in [-0.3, -0.25) is 4.79 Å². The molecule has 36 heavy (non-hydrogen) atoms. The lowest BCUT2D eigenvalue weighted by atomic mass is 9.90. The molecule has 3 aromatic rings. The van der Waals surface area contributed by atoms with Crippen molar-refractivity contribution in [1.82, 2.24) is 29.5 Å². The number of rotatable bonds is 4. The molecule has 0 unspecified atom stereocenters. The summed E-state index contributed by atoms with van der Waals surface area (Å²) in [6.07, 6.45) is 14.0. The molecular weight excluding hydrogens is 448 g/mol. The highest BCUT2D eigenvalue weighted by Crippen LogP contribution is 2.43. The smallest absolute Gasteiger partial charge is 0.257 e. The van der Waals surface area contributed by atoms with Crippen LogP contribution in [-0.4, -0.2) is 67.7 Å². The van der Waals surface area contributed by atoms with Crippen LogP contribution in [0.3, 0.4) is 0 Å². The highest BCUT2D eigenvalue weighted by molar-refractivity contribution is 5.95. The Bertz CT molecular complexity index is 1280. The molecule has 2 aliphatic carbocycles. The van der Waals surface area contributed by atoms with Crippen LogP contribution in [0.15, 0.2) is 36.7 Å². The van der Waals surface area contributed by atoms with Crippen LogP contribution in [-0.2, 0) is 12.8 Å². The zero-order valence-corrected chi connectivity index (χ0v) is 20.9. The van der Waals surface area contributed by atoms with E-state index in [4.69, 9.17) is 15.1 Å². The predicted octanol–water partition coefficient (Wildman–Crippen LogP) is 4.40. The molecule has 7 nitrogen and oxygen atoms in total. The van der Waals surface area contributed by atoms with Gasteiger partial charge in [-0.2, -0.15) is 5.10 Å². The van der Waals surface area contributed by atoms with Crippen molar-refractivity contribution in [3.63, 3.8) is 0 Å². The van der Waals surface area contributed by atoms with Gasteiger partial charge < -0.3 is 9.80 Å². The third-order valence-corrected chi connectivity index (χ3v) is 8.64. The van der Waals surface area contributed by atoms with Crippen LogP contribution in [0.1, 0.15) is 78.0 Å². The van der Waals surface area contributed by atoms with Gasteiger partial charge in [-0.05, 0) is 75.6 Å². The molecule has 1 aromatic carbocycles. The molecule has 0 N–H and O–H groups in total. The van der Waals surface area contributed by atoms with Crippen LogP contribution in [0, 0.1) is 0 Å². The molecule has 4 heterocycles. The number of nitrogens with zero attached hydrogens (tertiary/aromatic N) is 6. The Balaban J connectivity index is 1.15. The zero-order chi connectivity index (χ0) is 24.1. The minimum atomic E-state index is 0.128. The van der Waals surface area contributed by atoms with Crippen molar-refractivity contribution in [2.75, 3.05) is 26.2 Å². The van der Waals surface area contributed by atoms with E-state index in [9.17, 15) is 4.79 Å². The first kappa shape index (κ1) is 22.2. The number of benzene rings is 1. The van der Waals surface area contributed by atoms with Gasteiger partial charge in [0.25, 0.3) is 11.9 Å². The van der Waals surface area contributed by atoms with Gasteiger partial charge in [0.15, 0.2) is 0 Å². The van der Waals surface area contributed by atoms with E-state index in [1.165, 1.54) is 49.0 Å². The second-order valence-corrected chi connectivity index (χ2v) is 11.0. The van der Waals surface area contributed by atoms with Gasteiger partial charge in [0.2, 0.25) is 0 Å². The van der Waals surface area contributed by atoms with Crippen LogP contribution in [0.25, 0.3) is 17.2 Å². The third-order valence-electron chi connectivity index (χ3n) is 8.64. The number of carbonyl (C=O) groups excluding carboxylic acids is 1. The summed E-state index contributed by atoms with van der Waals surface area (Å²) in [5.74, 6) is 1.07. The maximum atomic E-state index is 13.7. The molecule has 3 fully saturated rings. The predicted molar refractivity (Wildman–Crippen MR) is 138 cm³/mol. The van der Waals surface area contributed by atoms with Crippen LogP contribution in [0.5, 0.6) is 0 Å². The number of fused-ring (bicyclic) bond motifs is 3. The zero-order valence-electron chi connectivity index (χ0n) is 20.9. The molecule has 186 valence electrons. The fourth-order valence-corrected chi connectivity index (χ4v) is 6.47. The second-order valence-electron chi connectivity index (χ2n) is 11.0. The average Bonchev–Trinajstić information content (AvgIpc) is 3.70. The largest absolute Gasteiger partial charge is 0.338 e. The Morgan fingerprint density at radius 2 is 1.64 bits per heavy atom. The normalized spacial score (nSPS) is 20.7. The summed E-state index contributed by atoms with van der Waals surface area (Å²) in [4.78, 5) is 28.1. The summed E-state index contributed by atoms with van der Waals surface area (Å²) >= 11 is 0. The van der Waals surface area contributed by atoms with E-state index in [-0.39, 0.29) is 5.91 Å². The van der Waals surface area contributed by atoms with Gasteiger partial charge in [0, 0.05) is 36.8 Å². The summed E-state index contributed by atoms with van der Waals surface area (Å²) in [6.45, 7) is 4.12. The number of aryl methyl sites for hydroxylation is 2. The Morgan fingerprint density at radius 3 is 2.44 bits per heavy atom. The van der Waals surface area contributed by atoms with Crippen molar-refractivity contribution in [2.45, 2.75) is 69.7 Å². The Morgan fingerprint density at radius 1 is 0.861 bits per heavy atom. The maximum absolute atomic E-state index is 13.7. The number of likely N-dealkylation sites (tertiary alicyclic amines) is 2. The van der Waals surface area contributed by atoms with Gasteiger partial charge in [0.1, 0.15) is 0 Å². The molecule has 0 spiro atoms. The number of carbonyl (C=O) groups is 1. The summed E-state index contributed by atoms with van der Waals surface area (Å²) in [6, 6.07) is 9.14. The lowest BCUT2D eigenvalue weighted by Crippen LogP contribution is -2.48. The molecule has 7 heteroatoms. The molecule has 1 amide bonds. The number of aromatic nitrogens is 4. The van der Waals surface area contributed by atoms with Crippen molar-refractivity contribution < 1.29 is 4.79 Å². The molecule has 2 aromatic heterocycles. The van der Waals surface area contributed by atoms with Gasteiger partial charge in [-0.15, -0.1) is 0 Å². The molecule has 4 aliphatic rings. The van der Waals surface area contributed by atoms with Crippen LogP contribution < -0.4 is 0 Å². The van der Waals surface area contributed by atoms with E-state index in [1.54, 1.807) is 6.20 Å². The molecule has 0 atom stereocenters. The SMILES string of the molecule is O=C(c1cnn(-c2ncc3c(n2)-c2ccccc2CC3)c1C1CC1)N1CCC(N2CCCCC2)CC1. The van der Waals surface area contributed by atoms with Gasteiger partial charge in [0.05, 0.1) is 23.1 Å². The Kier molecular flexibility index (Phi) is 5.61. The van der Waals surface area contributed by atoms with Crippen molar-refractivity contribution in [2.24, 2.45) is 0 Å². The maximum Gasteiger partial charge on any atom is 0.257 e. The quantitative estimate of drug-likeness (QED) is 0.552. The van der Waals surface area contributed by atoms with Gasteiger partial charge >= 0.3 is 0 Å². The van der Waals surface area contributed by atoms with Crippen molar-refractivity contribution >= 4 is 5.91 Å². The van der Waals surface area contributed by atoms with E-state index in [1.807, 2.05) is 10.9 Å². The van der Waals surface area contributed by atoms with E-state index >= 15 is 0 Å².